The third-order valence-electron chi connectivity index (χ3n) is 5.51. The third-order valence-corrected chi connectivity index (χ3v) is 5.89. The van der Waals surface area contributed by atoms with E-state index < -0.39 is 0 Å². The van der Waals surface area contributed by atoms with Crippen LogP contribution in [0.2, 0.25) is 0 Å². The zero-order chi connectivity index (χ0) is 24.1. The van der Waals surface area contributed by atoms with Gasteiger partial charge in [0, 0.05) is 37.7 Å². The molecule has 7 nitrogen and oxygen atoms in total. The summed E-state index contributed by atoms with van der Waals surface area (Å²) in [5.41, 5.74) is 5.05. The predicted molar refractivity (Wildman–Crippen MR) is 134 cm³/mol. The molecule has 2 aromatic rings. The van der Waals surface area contributed by atoms with Crippen molar-refractivity contribution < 1.29 is 14.9 Å². The number of aliphatic imine (C=N–C) groups is 1. The number of nitrogens with zero attached hydrogens (tertiary/aromatic N) is 3. The van der Waals surface area contributed by atoms with Crippen LogP contribution in [-0.4, -0.2) is 57.9 Å². The van der Waals surface area contributed by atoms with Gasteiger partial charge in [0.2, 0.25) is 0 Å². The van der Waals surface area contributed by atoms with Crippen molar-refractivity contribution in [3.63, 3.8) is 0 Å². The van der Waals surface area contributed by atoms with E-state index in [2.05, 4.69) is 28.7 Å². The number of aromatic nitrogens is 1. The smallest absolute Gasteiger partial charge is 0.157 e. The SMILES string of the molecule is C=C(/N=C(\C(Cl)=C/C)n1cc(C)c(CN2CC(O)C2)c1)Nc1cc(C)c(OCCO)c(C)c1. The summed E-state index contributed by atoms with van der Waals surface area (Å²) >= 11 is 6.52. The van der Waals surface area contributed by atoms with E-state index in [9.17, 15) is 5.11 Å². The first-order valence-corrected chi connectivity index (χ1v) is 11.4. The standard InChI is InChI=1S/C25H33ClN4O3/c1-6-23(26)25(30-11-18(4)20(13-30)12-29-14-22(32)15-29)28-19(5)27-21-9-16(2)24(17(3)10-21)33-8-7-31/h6,9-11,13,22,27,31-32H,5,7-8,12,14-15H2,1-4H3/b23-6+,28-25+. The van der Waals surface area contributed by atoms with Crippen LogP contribution in [0, 0.1) is 20.8 Å². The lowest BCUT2D eigenvalue weighted by Crippen LogP contribution is -2.49. The Morgan fingerprint density at radius 3 is 2.48 bits per heavy atom. The molecule has 0 spiro atoms. The van der Waals surface area contributed by atoms with Crippen molar-refractivity contribution in [2.75, 3.05) is 31.6 Å². The first-order valence-electron chi connectivity index (χ1n) is 11.0. The van der Waals surface area contributed by atoms with Gasteiger partial charge >= 0.3 is 0 Å². The molecule has 1 saturated heterocycles. The molecule has 0 unspecified atom stereocenters. The molecule has 0 bridgehead atoms. The molecule has 0 radical (unpaired) electrons. The lowest BCUT2D eigenvalue weighted by Gasteiger charge is -2.35. The van der Waals surface area contributed by atoms with Crippen LogP contribution in [0.3, 0.4) is 0 Å². The third kappa shape index (κ3) is 6.26. The second-order valence-corrected chi connectivity index (χ2v) is 8.78. The monoisotopic (exact) mass is 472 g/mol. The summed E-state index contributed by atoms with van der Waals surface area (Å²) in [7, 11) is 0. The van der Waals surface area contributed by atoms with Crippen LogP contribution in [0.1, 0.15) is 29.2 Å². The summed E-state index contributed by atoms with van der Waals surface area (Å²) in [6.45, 7) is 14.3. The first-order chi connectivity index (χ1) is 15.7. The molecule has 3 rings (SSSR count). The molecule has 0 saturated carbocycles. The molecule has 8 heteroatoms. The summed E-state index contributed by atoms with van der Waals surface area (Å²) in [4.78, 5) is 6.88. The van der Waals surface area contributed by atoms with Crippen molar-refractivity contribution in [3.8, 4) is 5.75 Å². The average Bonchev–Trinajstić information content (AvgIpc) is 3.09. The van der Waals surface area contributed by atoms with Gasteiger partial charge in [-0.2, -0.15) is 0 Å². The van der Waals surface area contributed by atoms with Crippen LogP contribution in [-0.2, 0) is 6.54 Å². The van der Waals surface area contributed by atoms with Crippen LogP contribution in [0.15, 0.2) is 53.0 Å². The quantitative estimate of drug-likeness (QED) is 0.380. The van der Waals surface area contributed by atoms with Crippen molar-refractivity contribution >= 4 is 23.1 Å². The summed E-state index contributed by atoms with van der Waals surface area (Å²) < 4.78 is 7.55. The fourth-order valence-electron chi connectivity index (χ4n) is 3.88. The highest BCUT2D eigenvalue weighted by Crippen LogP contribution is 2.28. The van der Waals surface area contributed by atoms with Crippen molar-refractivity contribution in [2.24, 2.45) is 4.99 Å². The minimum atomic E-state index is -0.223. The molecule has 178 valence electrons. The molecule has 0 aliphatic carbocycles. The summed E-state index contributed by atoms with van der Waals surface area (Å²) in [5.74, 6) is 1.80. The number of β-amino-alcohol motifs (C(OH)–C–C–N with tert-alkyl or cyclic N) is 1. The minimum Gasteiger partial charge on any atom is -0.491 e. The Kier molecular flexibility index (Phi) is 8.37. The Morgan fingerprint density at radius 1 is 1.24 bits per heavy atom. The number of aliphatic hydroxyl groups is 2. The normalized spacial score (nSPS) is 15.5. The van der Waals surface area contributed by atoms with Crippen LogP contribution in [0.25, 0.3) is 0 Å². The van der Waals surface area contributed by atoms with E-state index >= 15 is 0 Å². The molecule has 1 aliphatic rings. The second-order valence-electron chi connectivity index (χ2n) is 8.38. The van der Waals surface area contributed by atoms with Gasteiger partial charge in [0.1, 0.15) is 18.2 Å². The van der Waals surface area contributed by atoms with Crippen LogP contribution in [0.4, 0.5) is 5.69 Å². The highest BCUT2D eigenvalue weighted by Gasteiger charge is 2.25. The maximum atomic E-state index is 9.55. The number of benzene rings is 1. The van der Waals surface area contributed by atoms with Crippen molar-refractivity contribution in [2.45, 2.75) is 40.3 Å². The maximum Gasteiger partial charge on any atom is 0.157 e. The van der Waals surface area contributed by atoms with E-state index in [1.165, 1.54) is 5.56 Å². The number of aliphatic hydroxyl groups excluding tert-OH is 2. The largest absolute Gasteiger partial charge is 0.491 e. The number of hydrogen-bond acceptors (Lipinski definition) is 6. The molecule has 0 atom stereocenters. The Bertz CT molecular complexity index is 1040. The summed E-state index contributed by atoms with van der Waals surface area (Å²) in [6, 6.07) is 3.91. The topological polar surface area (TPSA) is 82.3 Å². The summed E-state index contributed by atoms with van der Waals surface area (Å²) in [6.07, 6.45) is 5.61. The number of allylic oxidation sites excluding steroid dienone is 2. The van der Waals surface area contributed by atoms with Gasteiger partial charge in [0.25, 0.3) is 0 Å². The highest BCUT2D eigenvalue weighted by molar-refractivity contribution is 6.43. The van der Waals surface area contributed by atoms with E-state index in [-0.39, 0.29) is 19.3 Å². The van der Waals surface area contributed by atoms with Gasteiger partial charge in [0.05, 0.1) is 17.7 Å². The molecular weight excluding hydrogens is 440 g/mol. The molecule has 33 heavy (non-hydrogen) atoms. The van der Waals surface area contributed by atoms with E-state index in [0.717, 1.165) is 34.7 Å². The number of aryl methyl sites for hydroxylation is 3. The van der Waals surface area contributed by atoms with Gasteiger partial charge in [-0.3, -0.25) is 4.90 Å². The number of halogens is 1. The second kappa shape index (κ2) is 11.0. The highest BCUT2D eigenvalue weighted by atomic mass is 35.5. The predicted octanol–water partition coefficient (Wildman–Crippen LogP) is 3.93. The average molecular weight is 473 g/mol. The molecule has 1 aromatic carbocycles. The lowest BCUT2D eigenvalue weighted by molar-refractivity contribution is -0.00294. The molecule has 0 amide bonds. The molecule has 1 aliphatic heterocycles. The molecule has 2 heterocycles. The van der Waals surface area contributed by atoms with E-state index in [4.69, 9.17) is 21.4 Å². The van der Waals surface area contributed by atoms with Crippen LogP contribution in [0.5, 0.6) is 5.75 Å². The van der Waals surface area contributed by atoms with Crippen LogP contribution < -0.4 is 10.1 Å². The zero-order valence-corrected chi connectivity index (χ0v) is 20.5. The number of hydrogen-bond donors (Lipinski definition) is 3. The van der Waals surface area contributed by atoms with E-state index in [1.807, 2.05) is 49.9 Å². The van der Waals surface area contributed by atoms with Gasteiger partial charge in [-0.1, -0.05) is 24.3 Å². The lowest BCUT2D eigenvalue weighted by atomic mass is 10.1. The Hall–Kier alpha value is -2.58. The zero-order valence-electron chi connectivity index (χ0n) is 19.7. The van der Waals surface area contributed by atoms with E-state index in [0.29, 0.717) is 29.8 Å². The Balaban J connectivity index is 1.80. The molecule has 1 fully saturated rings. The molecule has 1 aromatic heterocycles. The minimum absolute atomic E-state index is 0.0283. The summed E-state index contributed by atoms with van der Waals surface area (Å²) in [5, 5.41) is 22.3. The van der Waals surface area contributed by atoms with Gasteiger partial charge in [0.15, 0.2) is 5.84 Å². The van der Waals surface area contributed by atoms with E-state index in [1.54, 1.807) is 6.08 Å². The number of anilines is 1. The van der Waals surface area contributed by atoms with Gasteiger partial charge in [-0.25, -0.2) is 4.99 Å². The van der Waals surface area contributed by atoms with Gasteiger partial charge < -0.3 is 24.8 Å². The fourth-order valence-corrected chi connectivity index (χ4v) is 4.02. The number of nitrogens with one attached hydrogen (secondary N) is 1. The van der Waals surface area contributed by atoms with Crippen molar-refractivity contribution in [3.05, 3.63) is 70.3 Å². The number of likely N-dealkylation sites (tertiary alicyclic amines) is 1. The van der Waals surface area contributed by atoms with Gasteiger partial charge in [-0.05, 0) is 62.1 Å². The number of rotatable bonds is 9. The van der Waals surface area contributed by atoms with Gasteiger partial charge in [-0.15, -0.1) is 0 Å². The van der Waals surface area contributed by atoms with Crippen molar-refractivity contribution in [1.82, 2.24) is 9.47 Å². The molecule has 3 N–H and O–H groups in total. The first kappa shape index (κ1) is 25.1. The van der Waals surface area contributed by atoms with Crippen molar-refractivity contribution in [1.29, 1.82) is 0 Å². The molecular formula is C25H33ClN4O3. The Morgan fingerprint density at radius 2 is 1.91 bits per heavy atom. The maximum absolute atomic E-state index is 9.55. The number of ether oxygens (including phenoxy) is 1. The Labute approximate surface area is 200 Å². The van der Waals surface area contributed by atoms with Crippen LogP contribution >= 0.6 is 11.6 Å². The fraction of sp³-hybridized carbons (Fsp3) is 0.400.